The van der Waals surface area contributed by atoms with Gasteiger partial charge < -0.3 is 14.6 Å². The molecule has 1 fully saturated rings. The Bertz CT molecular complexity index is 309. The van der Waals surface area contributed by atoms with Crippen molar-refractivity contribution < 1.29 is 19.4 Å². The highest BCUT2D eigenvalue weighted by atomic mass is 16.6. The lowest BCUT2D eigenvalue weighted by Crippen LogP contribution is -2.38. The molecular weight excluding hydrogens is 232 g/mol. The van der Waals surface area contributed by atoms with Crippen molar-refractivity contribution in [3.8, 4) is 0 Å². The number of hydrogen-bond acceptors (Lipinski definition) is 4. The predicted octanol–water partition coefficient (Wildman–Crippen LogP) is 2.41. The van der Waals surface area contributed by atoms with Crippen molar-refractivity contribution in [1.29, 1.82) is 0 Å². The second-order valence-corrected chi connectivity index (χ2v) is 5.60. The Morgan fingerprint density at radius 3 is 2.67 bits per heavy atom. The quantitative estimate of drug-likeness (QED) is 0.606. The smallest absolute Gasteiger partial charge is 0.342 e. The van der Waals surface area contributed by atoms with E-state index in [1.807, 2.05) is 0 Å². The lowest BCUT2D eigenvalue weighted by molar-refractivity contribution is -0.165. The lowest BCUT2D eigenvalue weighted by Gasteiger charge is -2.29. The standard InChI is InChI=1S/C14H24O4/c1-10(2)18-13(16)14(3,4)17-9-11-6-5-7-12(15)8-11/h11-12,15H,1,5-9H2,2-4H3. The fourth-order valence-electron chi connectivity index (χ4n) is 2.08. The number of carbonyl (C=O) groups is 1. The molecule has 0 aromatic heterocycles. The molecule has 0 aliphatic heterocycles. The normalized spacial score (nSPS) is 24.7. The van der Waals surface area contributed by atoms with Crippen molar-refractivity contribution in [3.63, 3.8) is 0 Å². The highest BCUT2D eigenvalue weighted by Gasteiger charge is 2.32. The van der Waals surface area contributed by atoms with Gasteiger partial charge in [0.1, 0.15) is 0 Å². The molecular formula is C14H24O4. The molecule has 0 heterocycles. The third kappa shape index (κ3) is 4.78. The van der Waals surface area contributed by atoms with E-state index in [9.17, 15) is 9.90 Å². The first-order valence-electron chi connectivity index (χ1n) is 6.51. The first kappa shape index (κ1) is 15.2. The molecule has 4 heteroatoms. The van der Waals surface area contributed by atoms with Gasteiger partial charge in [0.2, 0.25) is 0 Å². The van der Waals surface area contributed by atoms with Gasteiger partial charge in [-0.25, -0.2) is 4.79 Å². The van der Waals surface area contributed by atoms with Crippen molar-refractivity contribution >= 4 is 5.97 Å². The number of allylic oxidation sites excluding steroid dienone is 1. The second-order valence-electron chi connectivity index (χ2n) is 5.60. The van der Waals surface area contributed by atoms with E-state index in [4.69, 9.17) is 9.47 Å². The third-order valence-electron chi connectivity index (χ3n) is 3.19. The molecule has 1 aliphatic carbocycles. The molecule has 2 unspecified atom stereocenters. The van der Waals surface area contributed by atoms with Crippen LogP contribution in [0.4, 0.5) is 0 Å². The first-order chi connectivity index (χ1) is 8.31. The third-order valence-corrected chi connectivity index (χ3v) is 3.19. The number of esters is 1. The maximum atomic E-state index is 11.8. The minimum absolute atomic E-state index is 0.224. The van der Waals surface area contributed by atoms with Crippen LogP contribution in [0.1, 0.15) is 46.5 Å². The topological polar surface area (TPSA) is 55.8 Å². The fraction of sp³-hybridized carbons (Fsp3) is 0.786. The zero-order valence-electron chi connectivity index (χ0n) is 11.6. The molecule has 1 saturated carbocycles. The Labute approximate surface area is 109 Å². The highest BCUT2D eigenvalue weighted by Crippen LogP contribution is 2.26. The van der Waals surface area contributed by atoms with Gasteiger partial charge in [-0.2, -0.15) is 0 Å². The number of aliphatic hydroxyl groups is 1. The van der Waals surface area contributed by atoms with E-state index >= 15 is 0 Å². The van der Waals surface area contributed by atoms with Crippen molar-refractivity contribution in [2.45, 2.75) is 58.2 Å². The van der Waals surface area contributed by atoms with Crippen LogP contribution in [-0.2, 0) is 14.3 Å². The summed E-state index contributed by atoms with van der Waals surface area (Å²) >= 11 is 0. The molecule has 1 N–H and O–H groups in total. The van der Waals surface area contributed by atoms with Crippen LogP contribution in [0.5, 0.6) is 0 Å². The summed E-state index contributed by atoms with van der Waals surface area (Å²) in [5.41, 5.74) is -0.971. The highest BCUT2D eigenvalue weighted by molar-refractivity contribution is 5.79. The van der Waals surface area contributed by atoms with Gasteiger partial charge >= 0.3 is 5.97 Å². The van der Waals surface area contributed by atoms with Gasteiger partial charge in [-0.1, -0.05) is 13.0 Å². The Morgan fingerprint density at radius 1 is 1.44 bits per heavy atom. The summed E-state index contributed by atoms with van der Waals surface area (Å²) < 4.78 is 10.6. The van der Waals surface area contributed by atoms with Gasteiger partial charge in [0.05, 0.1) is 18.5 Å². The minimum atomic E-state index is -0.971. The molecule has 4 nitrogen and oxygen atoms in total. The van der Waals surface area contributed by atoms with E-state index in [-0.39, 0.29) is 6.10 Å². The number of hydrogen-bond donors (Lipinski definition) is 1. The van der Waals surface area contributed by atoms with Gasteiger partial charge in [-0.3, -0.25) is 0 Å². The summed E-state index contributed by atoms with van der Waals surface area (Å²) in [4.78, 5) is 11.8. The van der Waals surface area contributed by atoms with Crippen LogP contribution < -0.4 is 0 Å². The van der Waals surface area contributed by atoms with Gasteiger partial charge in [0.15, 0.2) is 5.60 Å². The van der Waals surface area contributed by atoms with Crippen LogP contribution in [0.2, 0.25) is 0 Å². The average Bonchev–Trinajstić information content (AvgIpc) is 2.26. The Balaban J connectivity index is 2.40. The molecule has 0 radical (unpaired) electrons. The van der Waals surface area contributed by atoms with Gasteiger partial charge in [0.25, 0.3) is 0 Å². The van der Waals surface area contributed by atoms with Crippen LogP contribution in [0.3, 0.4) is 0 Å². The number of aliphatic hydroxyl groups excluding tert-OH is 1. The van der Waals surface area contributed by atoms with Crippen LogP contribution in [0, 0.1) is 5.92 Å². The Hall–Kier alpha value is -0.870. The van der Waals surface area contributed by atoms with Gasteiger partial charge in [-0.15, -0.1) is 0 Å². The zero-order valence-corrected chi connectivity index (χ0v) is 11.6. The average molecular weight is 256 g/mol. The van der Waals surface area contributed by atoms with Gasteiger partial charge in [-0.05, 0) is 46.0 Å². The van der Waals surface area contributed by atoms with E-state index < -0.39 is 11.6 Å². The van der Waals surface area contributed by atoms with E-state index in [0.29, 0.717) is 18.3 Å². The molecule has 104 valence electrons. The molecule has 2 atom stereocenters. The fourth-order valence-corrected chi connectivity index (χ4v) is 2.08. The monoisotopic (exact) mass is 256 g/mol. The zero-order chi connectivity index (χ0) is 13.8. The van der Waals surface area contributed by atoms with Crippen LogP contribution in [0.25, 0.3) is 0 Å². The summed E-state index contributed by atoms with van der Waals surface area (Å²) in [6, 6.07) is 0. The van der Waals surface area contributed by atoms with Crippen molar-refractivity contribution in [1.82, 2.24) is 0 Å². The second kappa shape index (κ2) is 6.34. The summed E-state index contributed by atoms with van der Waals surface area (Å²) in [6.45, 7) is 9.03. The molecule has 0 amide bonds. The minimum Gasteiger partial charge on any atom is -0.430 e. The van der Waals surface area contributed by atoms with Crippen LogP contribution in [0.15, 0.2) is 12.3 Å². The molecule has 0 aromatic carbocycles. The SMILES string of the molecule is C=C(C)OC(=O)C(C)(C)OCC1CCCC(O)C1. The molecule has 1 aliphatic rings. The maximum absolute atomic E-state index is 11.8. The largest absolute Gasteiger partial charge is 0.430 e. The van der Waals surface area contributed by atoms with Crippen molar-refractivity contribution in [3.05, 3.63) is 12.3 Å². The summed E-state index contributed by atoms with van der Waals surface area (Å²) in [5.74, 6) is 0.266. The van der Waals surface area contributed by atoms with Crippen molar-refractivity contribution in [2.75, 3.05) is 6.61 Å². The number of rotatable bonds is 5. The van der Waals surface area contributed by atoms with Gasteiger partial charge in [0, 0.05) is 0 Å². The Morgan fingerprint density at radius 2 is 2.11 bits per heavy atom. The van der Waals surface area contributed by atoms with E-state index in [1.165, 1.54) is 0 Å². The maximum Gasteiger partial charge on any atom is 0.342 e. The summed E-state index contributed by atoms with van der Waals surface area (Å²) in [5, 5.41) is 9.58. The van der Waals surface area contributed by atoms with Crippen LogP contribution in [-0.4, -0.2) is 29.4 Å². The molecule has 1 rings (SSSR count). The molecule has 0 bridgehead atoms. The van der Waals surface area contributed by atoms with E-state index in [2.05, 4.69) is 6.58 Å². The summed E-state index contributed by atoms with van der Waals surface area (Å²) in [7, 11) is 0. The lowest BCUT2D eigenvalue weighted by atomic mass is 9.88. The van der Waals surface area contributed by atoms with E-state index in [0.717, 1.165) is 25.7 Å². The molecule has 0 saturated heterocycles. The van der Waals surface area contributed by atoms with Crippen LogP contribution >= 0.6 is 0 Å². The summed E-state index contributed by atoms with van der Waals surface area (Å²) in [6.07, 6.45) is 3.47. The molecule has 18 heavy (non-hydrogen) atoms. The van der Waals surface area contributed by atoms with Crippen molar-refractivity contribution in [2.24, 2.45) is 5.92 Å². The predicted molar refractivity (Wildman–Crippen MR) is 68.9 cm³/mol. The number of ether oxygens (including phenoxy) is 2. The number of carbonyl (C=O) groups excluding carboxylic acids is 1. The first-order valence-corrected chi connectivity index (χ1v) is 6.51. The Kier molecular flexibility index (Phi) is 5.35. The molecule has 0 spiro atoms. The molecule has 0 aromatic rings. The van der Waals surface area contributed by atoms with E-state index in [1.54, 1.807) is 20.8 Å².